The molecule has 2 aromatic carbocycles. The molecule has 4 heteroatoms. The van der Waals surface area contributed by atoms with E-state index in [1.807, 2.05) is 31.3 Å². The number of rotatable bonds is 4. The van der Waals surface area contributed by atoms with Gasteiger partial charge in [-0.25, -0.2) is 4.39 Å². The topological polar surface area (TPSA) is 32.3 Å². The Morgan fingerprint density at radius 3 is 2.53 bits per heavy atom. The van der Waals surface area contributed by atoms with Crippen LogP contribution in [0.1, 0.15) is 22.8 Å². The van der Waals surface area contributed by atoms with Gasteiger partial charge < -0.3 is 10.4 Å². The summed E-state index contributed by atoms with van der Waals surface area (Å²) in [5.74, 6) is -0.407. The van der Waals surface area contributed by atoms with Gasteiger partial charge in [-0.05, 0) is 36.4 Å². The second kappa shape index (κ2) is 6.28. The Bertz CT molecular complexity index is 557. The summed E-state index contributed by atoms with van der Waals surface area (Å²) in [5, 5.41) is 13.3. The first-order valence-corrected chi connectivity index (χ1v) is 6.77. The smallest absolute Gasteiger partial charge is 0.129 e. The summed E-state index contributed by atoms with van der Waals surface area (Å²) in [6.07, 6.45) is -0.957. The normalized spacial score (nSPS) is 12.4. The summed E-state index contributed by atoms with van der Waals surface area (Å²) >= 11 is 3.28. The van der Waals surface area contributed by atoms with Crippen molar-refractivity contribution in [2.75, 3.05) is 7.05 Å². The molecule has 2 N–H and O–H groups in total. The fourth-order valence-electron chi connectivity index (χ4n) is 1.93. The Balaban J connectivity index is 2.27. The van der Waals surface area contributed by atoms with Crippen LogP contribution in [0.25, 0.3) is 0 Å². The standard InChI is InChI=1S/C15H15BrFNO/c1-18-9-10-2-4-11(5-3-10)15(19)13-8-12(16)6-7-14(13)17/h2-8,15,18-19H,9H2,1H3. The second-order valence-electron chi connectivity index (χ2n) is 4.34. The van der Waals surface area contributed by atoms with E-state index in [1.165, 1.54) is 6.07 Å². The SMILES string of the molecule is CNCc1ccc(C(O)c2cc(Br)ccc2F)cc1. The zero-order chi connectivity index (χ0) is 13.8. The lowest BCUT2D eigenvalue weighted by atomic mass is 10.00. The van der Waals surface area contributed by atoms with Crippen molar-refractivity contribution in [1.29, 1.82) is 0 Å². The van der Waals surface area contributed by atoms with E-state index in [0.29, 0.717) is 5.56 Å². The van der Waals surface area contributed by atoms with Gasteiger partial charge >= 0.3 is 0 Å². The number of hydrogen-bond acceptors (Lipinski definition) is 2. The lowest BCUT2D eigenvalue weighted by Crippen LogP contribution is -2.06. The van der Waals surface area contributed by atoms with Gasteiger partial charge in [-0.3, -0.25) is 0 Å². The molecular formula is C15H15BrFNO. The largest absolute Gasteiger partial charge is 0.384 e. The number of halogens is 2. The molecule has 1 atom stereocenters. The van der Waals surface area contributed by atoms with Crippen LogP contribution in [0, 0.1) is 5.82 Å². The van der Waals surface area contributed by atoms with E-state index in [0.717, 1.165) is 16.6 Å². The summed E-state index contributed by atoms with van der Waals surface area (Å²) < 4.78 is 14.5. The highest BCUT2D eigenvalue weighted by Crippen LogP contribution is 2.27. The maximum Gasteiger partial charge on any atom is 0.129 e. The van der Waals surface area contributed by atoms with Gasteiger partial charge in [-0.15, -0.1) is 0 Å². The van der Waals surface area contributed by atoms with Crippen LogP contribution in [0.15, 0.2) is 46.9 Å². The third kappa shape index (κ3) is 3.41. The monoisotopic (exact) mass is 323 g/mol. The van der Waals surface area contributed by atoms with Crippen LogP contribution < -0.4 is 5.32 Å². The first kappa shape index (κ1) is 14.2. The molecule has 0 amide bonds. The Hall–Kier alpha value is -1.23. The quantitative estimate of drug-likeness (QED) is 0.904. The molecule has 0 spiro atoms. The lowest BCUT2D eigenvalue weighted by Gasteiger charge is -2.13. The van der Waals surface area contributed by atoms with Crippen molar-refractivity contribution in [1.82, 2.24) is 5.32 Å². The molecule has 0 heterocycles. The van der Waals surface area contributed by atoms with Crippen molar-refractivity contribution in [3.8, 4) is 0 Å². The Kier molecular flexibility index (Phi) is 4.69. The van der Waals surface area contributed by atoms with Gasteiger partial charge in [0.2, 0.25) is 0 Å². The number of benzene rings is 2. The van der Waals surface area contributed by atoms with E-state index in [1.54, 1.807) is 12.1 Å². The molecule has 0 radical (unpaired) electrons. The predicted octanol–water partition coefficient (Wildman–Crippen LogP) is 3.39. The van der Waals surface area contributed by atoms with Gasteiger partial charge in [0, 0.05) is 16.6 Å². The van der Waals surface area contributed by atoms with Crippen molar-refractivity contribution in [3.63, 3.8) is 0 Å². The first-order valence-electron chi connectivity index (χ1n) is 5.98. The molecule has 2 aromatic rings. The third-order valence-corrected chi connectivity index (χ3v) is 3.42. The fraction of sp³-hybridized carbons (Fsp3) is 0.200. The zero-order valence-corrected chi connectivity index (χ0v) is 12.1. The fourth-order valence-corrected chi connectivity index (χ4v) is 2.30. The van der Waals surface area contributed by atoms with E-state index < -0.39 is 11.9 Å². The molecular weight excluding hydrogens is 309 g/mol. The molecule has 19 heavy (non-hydrogen) atoms. The highest BCUT2D eigenvalue weighted by molar-refractivity contribution is 9.10. The summed E-state index contributed by atoms with van der Waals surface area (Å²) in [6.45, 7) is 0.765. The molecule has 0 bridgehead atoms. The third-order valence-electron chi connectivity index (χ3n) is 2.93. The Morgan fingerprint density at radius 1 is 1.21 bits per heavy atom. The molecule has 0 fully saturated rings. The maximum absolute atomic E-state index is 13.7. The van der Waals surface area contributed by atoms with Crippen LogP contribution in [-0.2, 0) is 6.54 Å². The molecule has 0 saturated heterocycles. The van der Waals surface area contributed by atoms with E-state index in [2.05, 4.69) is 21.2 Å². The van der Waals surface area contributed by atoms with Crippen LogP contribution >= 0.6 is 15.9 Å². The summed E-state index contributed by atoms with van der Waals surface area (Å²) in [7, 11) is 1.87. The van der Waals surface area contributed by atoms with Crippen LogP contribution in [-0.4, -0.2) is 12.2 Å². The molecule has 0 aromatic heterocycles. The van der Waals surface area contributed by atoms with Crippen LogP contribution in [0.3, 0.4) is 0 Å². The van der Waals surface area contributed by atoms with Gasteiger partial charge in [0.05, 0.1) is 0 Å². The van der Waals surface area contributed by atoms with Gasteiger partial charge in [0.15, 0.2) is 0 Å². The molecule has 0 saturated carbocycles. The highest BCUT2D eigenvalue weighted by atomic mass is 79.9. The van der Waals surface area contributed by atoms with Gasteiger partial charge in [-0.2, -0.15) is 0 Å². The minimum atomic E-state index is -0.957. The van der Waals surface area contributed by atoms with Gasteiger partial charge in [0.25, 0.3) is 0 Å². The molecule has 0 aliphatic rings. The van der Waals surface area contributed by atoms with Gasteiger partial charge in [-0.1, -0.05) is 40.2 Å². The molecule has 2 nitrogen and oxygen atoms in total. The van der Waals surface area contributed by atoms with Crippen LogP contribution in [0.4, 0.5) is 4.39 Å². The van der Waals surface area contributed by atoms with Gasteiger partial charge in [0.1, 0.15) is 11.9 Å². The molecule has 2 rings (SSSR count). The van der Waals surface area contributed by atoms with Crippen LogP contribution in [0.2, 0.25) is 0 Å². The van der Waals surface area contributed by atoms with Crippen molar-refractivity contribution in [2.45, 2.75) is 12.6 Å². The Morgan fingerprint density at radius 2 is 1.89 bits per heavy atom. The Labute approximate surface area is 120 Å². The molecule has 100 valence electrons. The number of aliphatic hydroxyl groups excluding tert-OH is 1. The van der Waals surface area contributed by atoms with Crippen molar-refractivity contribution in [3.05, 3.63) is 69.4 Å². The van der Waals surface area contributed by atoms with E-state index in [-0.39, 0.29) is 5.56 Å². The summed E-state index contributed by atoms with van der Waals surface area (Å²) in [4.78, 5) is 0. The van der Waals surface area contributed by atoms with E-state index in [4.69, 9.17) is 0 Å². The maximum atomic E-state index is 13.7. The van der Waals surface area contributed by atoms with Crippen LogP contribution in [0.5, 0.6) is 0 Å². The predicted molar refractivity (Wildman–Crippen MR) is 77.4 cm³/mol. The van der Waals surface area contributed by atoms with Crippen molar-refractivity contribution < 1.29 is 9.50 Å². The second-order valence-corrected chi connectivity index (χ2v) is 5.26. The zero-order valence-electron chi connectivity index (χ0n) is 10.5. The first-order chi connectivity index (χ1) is 9.11. The highest BCUT2D eigenvalue weighted by Gasteiger charge is 2.15. The minimum absolute atomic E-state index is 0.274. The summed E-state index contributed by atoms with van der Waals surface area (Å²) in [6, 6.07) is 12.0. The lowest BCUT2D eigenvalue weighted by molar-refractivity contribution is 0.215. The number of aliphatic hydroxyl groups is 1. The number of hydrogen-bond donors (Lipinski definition) is 2. The van der Waals surface area contributed by atoms with Crippen molar-refractivity contribution in [2.24, 2.45) is 0 Å². The van der Waals surface area contributed by atoms with Crippen molar-refractivity contribution >= 4 is 15.9 Å². The molecule has 0 aliphatic heterocycles. The van der Waals surface area contributed by atoms with E-state index in [9.17, 15) is 9.50 Å². The average Bonchev–Trinajstić information content (AvgIpc) is 2.42. The minimum Gasteiger partial charge on any atom is -0.384 e. The molecule has 0 aliphatic carbocycles. The molecule has 1 unspecified atom stereocenters. The van der Waals surface area contributed by atoms with E-state index >= 15 is 0 Å². The average molecular weight is 324 g/mol. The number of nitrogens with one attached hydrogen (secondary N) is 1. The summed E-state index contributed by atoms with van der Waals surface area (Å²) in [5.41, 5.74) is 2.07.